The van der Waals surface area contributed by atoms with Crippen LogP contribution in [-0.4, -0.2) is 25.8 Å². The summed E-state index contributed by atoms with van der Waals surface area (Å²) in [5.41, 5.74) is 2.25. The van der Waals surface area contributed by atoms with Crippen molar-refractivity contribution in [2.75, 3.05) is 19.8 Å². The van der Waals surface area contributed by atoms with Gasteiger partial charge in [-0.3, -0.25) is 4.79 Å². The zero-order valence-electron chi connectivity index (χ0n) is 13.7. The van der Waals surface area contributed by atoms with E-state index in [1.54, 1.807) is 0 Å². The minimum absolute atomic E-state index is 0.0431. The van der Waals surface area contributed by atoms with E-state index in [1.165, 1.54) is 10.5 Å². The van der Waals surface area contributed by atoms with Gasteiger partial charge in [-0.15, -0.1) is 11.8 Å². The zero-order chi connectivity index (χ0) is 17.5. The molecule has 3 nitrogen and oxygen atoms in total. The van der Waals surface area contributed by atoms with Gasteiger partial charge in [-0.25, -0.2) is 8.78 Å². The van der Waals surface area contributed by atoms with Crippen LogP contribution < -0.4 is 10.2 Å². The molecule has 0 aliphatic heterocycles. The number of hydrogen-bond donors (Lipinski definition) is 2. The van der Waals surface area contributed by atoms with E-state index in [0.717, 1.165) is 42.1 Å². The average molecular weight is 351 g/mol. The van der Waals surface area contributed by atoms with E-state index in [1.807, 2.05) is 24.3 Å². The van der Waals surface area contributed by atoms with Crippen molar-refractivity contribution in [3.05, 3.63) is 65.2 Å². The van der Waals surface area contributed by atoms with Crippen molar-refractivity contribution >= 4 is 17.7 Å². The third-order valence-corrected chi connectivity index (χ3v) is 4.42. The van der Waals surface area contributed by atoms with Gasteiger partial charge in [-0.05, 0) is 23.8 Å². The quantitative estimate of drug-likeness (QED) is 0.749. The smallest absolute Gasteiger partial charge is 0.230 e. The molecule has 0 spiro atoms. The lowest BCUT2D eigenvalue weighted by atomic mass is 10.1. The van der Waals surface area contributed by atoms with E-state index >= 15 is 0 Å². The van der Waals surface area contributed by atoms with Crippen LogP contribution in [0.4, 0.5) is 8.78 Å². The fourth-order valence-corrected chi connectivity index (χ4v) is 3.05. The van der Waals surface area contributed by atoms with Crippen LogP contribution in [0.3, 0.4) is 0 Å². The Kier molecular flexibility index (Phi) is 6.75. The Labute approximate surface area is 145 Å². The maximum absolute atomic E-state index is 13.5. The van der Waals surface area contributed by atoms with Crippen molar-refractivity contribution in [3.63, 3.8) is 0 Å². The van der Waals surface area contributed by atoms with Gasteiger partial charge < -0.3 is 10.2 Å². The van der Waals surface area contributed by atoms with Gasteiger partial charge in [0, 0.05) is 17.0 Å². The number of rotatable bonds is 7. The summed E-state index contributed by atoms with van der Waals surface area (Å²) in [5, 5.41) is 2.83. The van der Waals surface area contributed by atoms with E-state index in [2.05, 4.69) is 19.4 Å². The monoisotopic (exact) mass is 351 g/mol. The van der Waals surface area contributed by atoms with E-state index in [9.17, 15) is 13.6 Å². The van der Waals surface area contributed by atoms with Crippen LogP contribution in [0, 0.1) is 11.6 Å². The van der Waals surface area contributed by atoms with Crippen molar-refractivity contribution < 1.29 is 18.5 Å². The number of benzene rings is 2. The van der Waals surface area contributed by atoms with Gasteiger partial charge in [0.2, 0.25) is 5.91 Å². The molecule has 128 valence electrons. The number of amides is 1. The fourth-order valence-electron chi connectivity index (χ4n) is 2.26. The van der Waals surface area contributed by atoms with Crippen LogP contribution in [0.1, 0.15) is 11.1 Å². The molecule has 1 amide bonds. The van der Waals surface area contributed by atoms with Crippen LogP contribution in [0.25, 0.3) is 0 Å². The summed E-state index contributed by atoms with van der Waals surface area (Å²) in [6.45, 7) is 1.30. The van der Waals surface area contributed by atoms with Crippen LogP contribution in [0.5, 0.6) is 0 Å². The second-order valence-corrected chi connectivity index (χ2v) is 6.81. The fraction of sp³-hybridized carbons (Fsp3) is 0.278. The van der Waals surface area contributed by atoms with E-state index < -0.39 is 11.6 Å². The predicted octanol–water partition coefficient (Wildman–Crippen LogP) is 2.02. The molecule has 0 saturated heterocycles. The largest absolute Gasteiger partial charge is 0.351 e. The van der Waals surface area contributed by atoms with Crippen LogP contribution in [-0.2, 0) is 17.9 Å². The molecular weight excluding hydrogens is 330 g/mol. The van der Waals surface area contributed by atoms with Crippen LogP contribution in [0.15, 0.2) is 47.4 Å². The Morgan fingerprint density at radius 1 is 1.12 bits per heavy atom. The first-order valence-electron chi connectivity index (χ1n) is 7.66. The minimum atomic E-state index is -0.520. The lowest BCUT2D eigenvalue weighted by Crippen LogP contribution is -3.04. The summed E-state index contributed by atoms with van der Waals surface area (Å²) in [7, 11) is 4.14. The molecule has 24 heavy (non-hydrogen) atoms. The van der Waals surface area contributed by atoms with Crippen molar-refractivity contribution in [1.29, 1.82) is 0 Å². The second kappa shape index (κ2) is 8.80. The Bertz CT molecular complexity index is 707. The molecular formula is C18H21F2N2OS+. The molecule has 0 heterocycles. The number of halogens is 2. The first-order valence-corrected chi connectivity index (χ1v) is 8.64. The van der Waals surface area contributed by atoms with Crippen molar-refractivity contribution in [3.8, 4) is 0 Å². The molecule has 2 aromatic carbocycles. The van der Waals surface area contributed by atoms with Gasteiger partial charge >= 0.3 is 0 Å². The summed E-state index contributed by atoms with van der Waals surface area (Å²) >= 11 is 0.988. The highest BCUT2D eigenvalue weighted by Crippen LogP contribution is 2.22. The first kappa shape index (κ1) is 18.4. The van der Waals surface area contributed by atoms with Gasteiger partial charge in [0.25, 0.3) is 0 Å². The number of quaternary nitrogens is 1. The molecule has 2 aromatic rings. The molecule has 0 bridgehead atoms. The number of thioether (sulfide) groups is 1. The standard InChI is InChI=1S/C18H20F2N2OS/c1-22(2)11-14-6-4-3-5-13(14)10-21-18(23)12-24-17-9-15(19)7-8-16(17)20/h3-9H,10-12H2,1-2H3,(H,21,23)/p+1. The zero-order valence-corrected chi connectivity index (χ0v) is 14.6. The molecule has 0 unspecified atom stereocenters. The van der Waals surface area contributed by atoms with Gasteiger partial charge in [-0.2, -0.15) is 0 Å². The molecule has 2 rings (SSSR count). The third kappa shape index (κ3) is 5.62. The Balaban J connectivity index is 1.88. The topological polar surface area (TPSA) is 33.5 Å². The van der Waals surface area contributed by atoms with Gasteiger partial charge in [0.15, 0.2) is 0 Å². The van der Waals surface area contributed by atoms with E-state index in [0.29, 0.717) is 6.54 Å². The third-order valence-electron chi connectivity index (χ3n) is 3.39. The molecule has 0 radical (unpaired) electrons. The summed E-state index contributed by atoms with van der Waals surface area (Å²) in [5.74, 6) is -1.20. The molecule has 0 aliphatic carbocycles. The molecule has 0 atom stereocenters. The number of carbonyl (C=O) groups is 1. The lowest BCUT2D eigenvalue weighted by Gasteiger charge is -2.13. The summed E-state index contributed by atoms with van der Waals surface area (Å²) in [6.07, 6.45) is 0. The highest BCUT2D eigenvalue weighted by molar-refractivity contribution is 8.00. The minimum Gasteiger partial charge on any atom is -0.351 e. The van der Waals surface area contributed by atoms with Crippen molar-refractivity contribution in [1.82, 2.24) is 5.32 Å². The SMILES string of the molecule is C[NH+](C)Cc1ccccc1CNC(=O)CSc1cc(F)ccc1F. The van der Waals surface area contributed by atoms with Gasteiger partial charge in [0.05, 0.1) is 19.8 Å². The van der Waals surface area contributed by atoms with Crippen molar-refractivity contribution in [2.24, 2.45) is 0 Å². The lowest BCUT2D eigenvalue weighted by molar-refractivity contribution is -0.872. The number of hydrogen-bond acceptors (Lipinski definition) is 2. The maximum atomic E-state index is 13.5. The normalized spacial score (nSPS) is 10.9. The second-order valence-electron chi connectivity index (χ2n) is 5.79. The van der Waals surface area contributed by atoms with Gasteiger partial charge in [0.1, 0.15) is 18.2 Å². The summed E-state index contributed by atoms with van der Waals surface area (Å²) in [6, 6.07) is 11.2. The molecule has 0 aromatic heterocycles. The van der Waals surface area contributed by atoms with E-state index in [-0.39, 0.29) is 16.6 Å². The molecule has 0 fully saturated rings. The van der Waals surface area contributed by atoms with Crippen LogP contribution in [0.2, 0.25) is 0 Å². The highest BCUT2D eigenvalue weighted by atomic mass is 32.2. The molecule has 2 N–H and O–H groups in total. The molecule has 0 aliphatic rings. The molecule has 6 heteroatoms. The summed E-state index contributed by atoms with van der Waals surface area (Å²) in [4.78, 5) is 13.4. The Morgan fingerprint density at radius 2 is 1.83 bits per heavy atom. The maximum Gasteiger partial charge on any atom is 0.230 e. The number of nitrogens with one attached hydrogen (secondary N) is 2. The first-order chi connectivity index (χ1) is 11.5. The average Bonchev–Trinajstić information content (AvgIpc) is 2.54. The summed E-state index contributed by atoms with van der Waals surface area (Å²) < 4.78 is 26.6. The number of carbonyl (C=O) groups excluding carboxylic acids is 1. The Morgan fingerprint density at radius 3 is 2.54 bits per heavy atom. The van der Waals surface area contributed by atoms with Crippen molar-refractivity contribution in [2.45, 2.75) is 18.0 Å². The predicted molar refractivity (Wildman–Crippen MR) is 91.9 cm³/mol. The highest BCUT2D eigenvalue weighted by Gasteiger charge is 2.10. The Hall–Kier alpha value is -1.92. The molecule has 0 saturated carbocycles. The van der Waals surface area contributed by atoms with Crippen LogP contribution >= 0.6 is 11.8 Å². The van der Waals surface area contributed by atoms with E-state index in [4.69, 9.17) is 0 Å². The van der Waals surface area contributed by atoms with Gasteiger partial charge in [-0.1, -0.05) is 24.3 Å².